The van der Waals surface area contributed by atoms with E-state index in [1.165, 1.54) is 6.07 Å². The third kappa shape index (κ3) is 3.94. The molecule has 9 nitrogen and oxygen atoms in total. The maximum atomic E-state index is 15.7. The lowest BCUT2D eigenvalue weighted by Gasteiger charge is -2.52. The summed E-state index contributed by atoms with van der Waals surface area (Å²) in [6, 6.07) is 0.246. The Morgan fingerprint density at radius 1 is 1.30 bits per heavy atom. The first-order chi connectivity index (χ1) is 17.0. The van der Waals surface area contributed by atoms with E-state index in [-0.39, 0.29) is 52.8 Å². The number of hydrogen-bond acceptors (Lipinski definition) is 8. The molecule has 0 heterocycles. The topological polar surface area (TPSA) is 156 Å². The third-order valence-corrected chi connectivity index (χ3v) is 7.73. The first kappa shape index (κ1) is 26.8. The molecule has 0 saturated carbocycles. The number of hydrogen-bond donors (Lipinski definition) is 6. The zero-order valence-electron chi connectivity index (χ0n) is 21.6. The van der Waals surface area contributed by atoms with Crippen molar-refractivity contribution >= 4 is 11.7 Å². The van der Waals surface area contributed by atoms with Gasteiger partial charge in [0.25, 0.3) is 5.91 Å². The Morgan fingerprint density at radius 2 is 1.92 bits per heavy atom. The second kappa shape index (κ2) is 8.68. The number of phenolic OH excluding ortho intramolecular Hbond substituents is 1. The van der Waals surface area contributed by atoms with Gasteiger partial charge in [-0.25, -0.2) is 4.39 Å². The van der Waals surface area contributed by atoms with Gasteiger partial charge < -0.3 is 31.5 Å². The number of ketones is 1. The van der Waals surface area contributed by atoms with E-state index in [0.29, 0.717) is 0 Å². The van der Waals surface area contributed by atoms with E-state index in [4.69, 9.17) is 5.73 Å². The number of primary amides is 1. The van der Waals surface area contributed by atoms with E-state index in [2.05, 4.69) is 11.9 Å². The molecular formula is C27H34FN3O6. The van der Waals surface area contributed by atoms with Crippen molar-refractivity contribution in [3.8, 4) is 5.75 Å². The van der Waals surface area contributed by atoms with Crippen molar-refractivity contribution < 1.29 is 34.4 Å². The van der Waals surface area contributed by atoms with Gasteiger partial charge in [-0.3, -0.25) is 14.5 Å². The number of amides is 1. The number of phenols is 1. The highest BCUT2D eigenvalue weighted by Crippen LogP contribution is 2.55. The van der Waals surface area contributed by atoms with E-state index < -0.39 is 63.8 Å². The summed E-state index contributed by atoms with van der Waals surface area (Å²) in [5.74, 6) is -5.67. The molecule has 0 aromatic heterocycles. The molecule has 1 aromatic rings. The summed E-state index contributed by atoms with van der Waals surface area (Å²) in [6.45, 7) is 9.63. The third-order valence-electron chi connectivity index (χ3n) is 7.73. The van der Waals surface area contributed by atoms with Crippen molar-refractivity contribution in [1.82, 2.24) is 10.2 Å². The standard InChI is InChI=1S/C27H34FN3O6/c1-11-17(25(29)36)23(34)21(31(5)6)15-8-12-7-14-19(22(33)18(12)24(35)27(11,15)37)16(32)9-13(20(14)28)10-30-26(2,3)4/h9,12,15,21,30,32,34-35,37H,1,7-8,10H2,2-6H3,(H2,29,36)/t12-,15-,21-,27-/m0/s1. The van der Waals surface area contributed by atoms with Gasteiger partial charge in [0, 0.05) is 40.3 Å². The number of Topliss-reactive ketones (excluding diaryl/α,β-unsaturated/α-hetero) is 1. The van der Waals surface area contributed by atoms with Gasteiger partial charge >= 0.3 is 0 Å². The minimum Gasteiger partial charge on any atom is -0.510 e. The Bertz CT molecular complexity index is 1290. The Kier molecular flexibility index (Phi) is 6.30. The van der Waals surface area contributed by atoms with Crippen LogP contribution >= 0.6 is 0 Å². The molecule has 0 aliphatic heterocycles. The van der Waals surface area contributed by atoms with Crippen LogP contribution in [0.15, 0.2) is 40.9 Å². The van der Waals surface area contributed by atoms with Crippen LogP contribution in [0.2, 0.25) is 0 Å². The smallest absolute Gasteiger partial charge is 0.252 e. The van der Waals surface area contributed by atoms with Gasteiger partial charge in [-0.2, -0.15) is 0 Å². The van der Waals surface area contributed by atoms with E-state index in [1.54, 1.807) is 19.0 Å². The Morgan fingerprint density at radius 3 is 2.46 bits per heavy atom. The SMILES string of the molecule is C=C1C(C(N)=O)=C(O)[C@@H](N(C)C)[C@@H]2C[C@@H]3Cc4c(F)c(CNC(C)(C)C)cc(O)c4C(=O)C3=C(O)[C@]12O. The molecule has 3 aliphatic rings. The summed E-state index contributed by atoms with van der Waals surface area (Å²) in [5, 5.41) is 48.0. The Balaban J connectivity index is 1.88. The number of fused-ring (bicyclic) bond motifs is 3. The number of likely N-dealkylation sites (N-methyl/N-ethyl adjacent to an activating group) is 1. The highest BCUT2D eigenvalue weighted by molar-refractivity contribution is 6.13. The lowest BCUT2D eigenvalue weighted by atomic mass is 9.57. The molecule has 0 fully saturated rings. The normalized spacial score (nSPS) is 27.8. The molecule has 4 atom stereocenters. The van der Waals surface area contributed by atoms with Crippen molar-refractivity contribution in [3.05, 3.63) is 63.4 Å². The van der Waals surface area contributed by atoms with Crippen LogP contribution in [0.1, 0.15) is 48.7 Å². The van der Waals surface area contributed by atoms with Crippen molar-refractivity contribution in [2.45, 2.75) is 57.3 Å². The molecule has 0 radical (unpaired) electrons. The van der Waals surface area contributed by atoms with E-state index in [0.717, 1.165) is 0 Å². The first-order valence-corrected chi connectivity index (χ1v) is 12.1. The minimum absolute atomic E-state index is 0.0183. The maximum Gasteiger partial charge on any atom is 0.252 e. The number of nitrogens with zero attached hydrogens (tertiary/aromatic N) is 1. The average Bonchev–Trinajstić information content (AvgIpc) is 2.76. The van der Waals surface area contributed by atoms with Crippen molar-refractivity contribution in [1.29, 1.82) is 0 Å². The highest BCUT2D eigenvalue weighted by Gasteiger charge is 2.60. The van der Waals surface area contributed by atoms with E-state index in [1.807, 2.05) is 20.8 Å². The largest absolute Gasteiger partial charge is 0.510 e. The molecule has 0 unspecified atom stereocenters. The predicted octanol–water partition coefficient (Wildman–Crippen LogP) is 2.13. The molecule has 37 heavy (non-hydrogen) atoms. The fraction of sp³-hybridized carbons (Fsp3) is 0.481. The molecule has 0 saturated heterocycles. The Hall–Kier alpha value is -3.21. The number of aliphatic hydroxyl groups is 3. The number of nitrogens with two attached hydrogens (primary N) is 1. The van der Waals surface area contributed by atoms with Crippen LogP contribution in [-0.4, -0.2) is 68.3 Å². The van der Waals surface area contributed by atoms with Crippen LogP contribution in [0.4, 0.5) is 4.39 Å². The van der Waals surface area contributed by atoms with Crippen molar-refractivity contribution in [2.24, 2.45) is 17.6 Å². The number of allylic oxidation sites excluding steroid dienone is 1. The lowest BCUT2D eigenvalue weighted by Crippen LogP contribution is -2.60. The Labute approximate surface area is 214 Å². The summed E-state index contributed by atoms with van der Waals surface area (Å²) in [6.07, 6.45) is 0.0410. The van der Waals surface area contributed by atoms with Crippen LogP contribution in [0.5, 0.6) is 5.75 Å². The number of rotatable bonds is 4. The van der Waals surface area contributed by atoms with Gasteiger partial charge in [0.1, 0.15) is 23.1 Å². The molecule has 200 valence electrons. The van der Waals surface area contributed by atoms with Crippen LogP contribution < -0.4 is 11.1 Å². The zero-order valence-corrected chi connectivity index (χ0v) is 21.6. The van der Waals surface area contributed by atoms with Crippen LogP contribution in [0.25, 0.3) is 0 Å². The maximum absolute atomic E-state index is 15.7. The molecule has 4 rings (SSSR count). The van der Waals surface area contributed by atoms with E-state index in [9.17, 15) is 30.0 Å². The van der Waals surface area contributed by atoms with Gasteiger partial charge in [-0.1, -0.05) is 6.58 Å². The van der Waals surface area contributed by atoms with Gasteiger partial charge in [0.2, 0.25) is 0 Å². The zero-order chi connectivity index (χ0) is 27.8. The fourth-order valence-electron chi connectivity index (χ4n) is 6.01. The molecule has 0 bridgehead atoms. The van der Waals surface area contributed by atoms with Gasteiger partial charge in [0.05, 0.1) is 17.2 Å². The van der Waals surface area contributed by atoms with Crippen molar-refractivity contribution in [2.75, 3.05) is 14.1 Å². The molecule has 0 spiro atoms. The number of carbonyl (C=O) groups is 2. The molecule has 7 N–H and O–H groups in total. The number of benzene rings is 1. The number of nitrogens with one attached hydrogen (secondary N) is 1. The number of carbonyl (C=O) groups excluding carboxylic acids is 2. The summed E-state index contributed by atoms with van der Waals surface area (Å²) < 4.78 is 15.7. The minimum atomic E-state index is -2.28. The van der Waals surface area contributed by atoms with Gasteiger partial charge in [-0.05, 0) is 59.7 Å². The first-order valence-electron chi connectivity index (χ1n) is 12.1. The van der Waals surface area contributed by atoms with Gasteiger partial charge in [-0.15, -0.1) is 0 Å². The fourth-order valence-corrected chi connectivity index (χ4v) is 6.01. The van der Waals surface area contributed by atoms with Crippen LogP contribution in [0, 0.1) is 17.7 Å². The van der Waals surface area contributed by atoms with E-state index >= 15 is 4.39 Å². The average molecular weight is 516 g/mol. The molecule has 3 aliphatic carbocycles. The lowest BCUT2D eigenvalue weighted by molar-refractivity contribution is -0.115. The second-order valence-corrected chi connectivity index (χ2v) is 11.4. The highest BCUT2D eigenvalue weighted by atomic mass is 19.1. The molecule has 1 amide bonds. The second-order valence-electron chi connectivity index (χ2n) is 11.4. The number of aromatic hydroxyl groups is 1. The predicted molar refractivity (Wildman–Crippen MR) is 134 cm³/mol. The summed E-state index contributed by atoms with van der Waals surface area (Å²) >= 11 is 0. The number of halogens is 1. The monoisotopic (exact) mass is 515 g/mol. The molecule has 1 aromatic carbocycles. The summed E-state index contributed by atoms with van der Waals surface area (Å²) in [7, 11) is 3.25. The van der Waals surface area contributed by atoms with Crippen LogP contribution in [0.3, 0.4) is 0 Å². The molecular weight excluding hydrogens is 481 g/mol. The summed E-state index contributed by atoms with van der Waals surface area (Å²) in [4.78, 5) is 27.4. The molecule has 10 heteroatoms. The van der Waals surface area contributed by atoms with Gasteiger partial charge in [0.15, 0.2) is 11.4 Å². The number of aliphatic hydroxyl groups excluding tert-OH is 2. The summed E-state index contributed by atoms with van der Waals surface area (Å²) in [5.41, 5.74) is 1.93. The van der Waals surface area contributed by atoms with Crippen LogP contribution in [-0.2, 0) is 17.8 Å². The van der Waals surface area contributed by atoms with Crippen molar-refractivity contribution in [3.63, 3.8) is 0 Å². The quantitative estimate of drug-likeness (QED) is 0.356.